The van der Waals surface area contributed by atoms with Crippen LogP contribution in [0.2, 0.25) is 0 Å². The number of hydrogen-bond donors (Lipinski definition) is 3. The van der Waals surface area contributed by atoms with Crippen molar-refractivity contribution in [1.82, 2.24) is 21.3 Å². The Morgan fingerprint density at radius 3 is 2.22 bits per heavy atom. The maximum absolute atomic E-state index is 13.2. The molecule has 2 aromatic carbocycles. The molecule has 10 heteroatoms. The van der Waals surface area contributed by atoms with Crippen LogP contribution in [0.1, 0.15) is 45.7 Å². The first-order valence-corrected chi connectivity index (χ1v) is 11.8. The van der Waals surface area contributed by atoms with Gasteiger partial charge in [0.05, 0.1) is 25.8 Å². The molecule has 1 aliphatic heterocycles. The van der Waals surface area contributed by atoms with Crippen LogP contribution in [0.25, 0.3) is 5.43 Å². The summed E-state index contributed by atoms with van der Waals surface area (Å²) < 4.78 is 11.2. The van der Waals surface area contributed by atoms with Gasteiger partial charge in [-0.15, -0.1) is 0 Å². The van der Waals surface area contributed by atoms with E-state index in [9.17, 15) is 9.59 Å². The lowest BCUT2D eigenvalue weighted by Gasteiger charge is -2.31. The number of alkyl carbamates (subject to hydrolysis) is 1. The van der Waals surface area contributed by atoms with Gasteiger partial charge in [0, 0.05) is 0 Å². The van der Waals surface area contributed by atoms with Crippen molar-refractivity contribution in [2.45, 2.75) is 65.0 Å². The summed E-state index contributed by atoms with van der Waals surface area (Å²) in [6, 6.07) is 18.9. The third-order valence-electron chi connectivity index (χ3n) is 5.07. The van der Waals surface area contributed by atoms with Gasteiger partial charge in [0.15, 0.2) is 0 Å². The van der Waals surface area contributed by atoms with Crippen LogP contribution < -0.4 is 16.2 Å². The van der Waals surface area contributed by atoms with Gasteiger partial charge in [0.25, 0.3) is 0 Å². The molecule has 1 atom stereocenters. The Morgan fingerprint density at radius 1 is 1.00 bits per heavy atom. The molecule has 0 aromatic heterocycles. The number of benzene rings is 2. The number of amides is 2. The Balaban J connectivity index is 1.68. The molecule has 0 unspecified atom stereocenters. The fourth-order valence-electron chi connectivity index (χ4n) is 3.26. The van der Waals surface area contributed by atoms with Crippen molar-refractivity contribution in [2.24, 2.45) is 5.10 Å². The van der Waals surface area contributed by atoms with Crippen molar-refractivity contribution in [3.05, 3.63) is 77.2 Å². The normalized spacial score (nSPS) is 14.5. The van der Waals surface area contributed by atoms with Crippen LogP contribution in [0.3, 0.4) is 0 Å². The molecule has 194 valence electrons. The van der Waals surface area contributed by atoms with Crippen molar-refractivity contribution >= 4 is 17.8 Å². The first-order valence-electron chi connectivity index (χ1n) is 11.8. The zero-order valence-corrected chi connectivity index (χ0v) is 21.4. The third-order valence-corrected chi connectivity index (χ3v) is 5.07. The number of carbonyl (C=O) groups is 2. The minimum absolute atomic E-state index is 0.131. The van der Waals surface area contributed by atoms with Crippen molar-refractivity contribution < 1.29 is 19.1 Å². The van der Waals surface area contributed by atoms with Crippen molar-refractivity contribution in [2.75, 3.05) is 6.61 Å². The lowest BCUT2D eigenvalue weighted by Crippen LogP contribution is -2.59. The van der Waals surface area contributed by atoms with E-state index in [1.54, 1.807) is 39.7 Å². The second-order valence-electron chi connectivity index (χ2n) is 9.99. The number of carbonyl (C=O) groups excluding carboxylic acids is 2. The molecular weight excluding hydrogens is 460 g/mol. The largest absolute Gasteiger partial charge is 0.444 e. The van der Waals surface area contributed by atoms with E-state index in [0.717, 1.165) is 11.1 Å². The molecule has 0 fully saturated rings. The third kappa shape index (κ3) is 8.54. The van der Waals surface area contributed by atoms with Crippen LogP contribution in [-0.4, -0.2) is 46.7 Å². The Labute approximate surface area is 212 Å². The van der Waals surface area contributed by atoms with E-state index in [2.05, 4.69) is 26.7 Å². The van der Waals surface area contributed by atoms with Crippen molar-refractivity contribution in [3.8, 4) is 0 Å². The summed E-state index contributed by atoms with van der Waals surface area (Å²) >= 11 is 0. The molecule has 10 nitrogen and oxygen atoms in total. The van der Waals surface area contributed by atoms with E-state index in [1.807, 2.05) is 60.7 Å². The fourth-order valence-corrected chi connectivity index (χ4v) is 3.26. The molecule has 2 amide bonds. The molecule has 0 radical (unpaired) electrons. The summed E-state index contributed by atoms with van der Waals surface area (Å²) in [7, 11) is 0. The lowest BCUT2D eigenvalue weighted by molar-refractivity contribution is -0.127. The van der Waals surface area contributed by atoms with Gasteiger partial charge in [-0.25, -0.2) is 10.3 Å². The molecule has 1 heterocycles. The monoisotopic (exact) mass is 495 g/mol. The summed E-state index contributed by atoms with van der Waals surface area (Å²) in [4.78, 5) is 25.4. The minimum Gasteiger partial charge on any atom is -0.444 e. The quantitative estimate of drug-likeness (QED) is 0.463. The molecule has 0 saturated heterocycles. The van der Waals surface area contributed by atoms with Gasteiger partial charge in [-0.2, -0.15) is 0 Å². The van der Waals surface area contributed by atoms with Crippen LogP contribution in [-0.2, 0) is 27.4 Å². The smallest absolute Gasteiger partial charge is 0.408 e. The van der Waals surface area contributed by atoms with E-state index >= 15 is 0 Å². The molecule has 2 aromatic rings. The van der Waals surface area contributed by atoms with E-state index in [-0.39, 0.29) is 6.61 Å². The van der Waals surface area contributed by atoms with Gasteiger partial charge < -0.3 is 35.8 Å². The predicted octanol–water partition coefficient (Wildman–Crippen LogP) is 3.61. The highest BCUT2D eigenvalue weighted by atomic mass is 16.6. The summed E-state index contributed by atoms with van der Waals surface area (Å²) in [5, 5.41) is 11.6. The molecule has 1 aliphatic rings. The predicted molar refractivity (Wildman–Crippen MR) is 137 cm³/mol. The average Bonchev–Trinajstić information content (AvgIpc) is 3.26. The SMILES string of the molecule is CC(C)(C)OC(=O)NC(C)(C)C(=O)N[C@H](COCc1ccccc1)C1=NN(Cc2ccccc2)N[N-]1. The second kappa shape index (κ2) is 11.9. The summed E-state index contributed by atoms with van der Waals surface area (Å²) in [6.45, 7) is 9.46. The highest BCUT2D eigenvalue weighted by Gasteiger charge is 2.33. The van der Waals surface area contributed by atoms with Crippen LogP contribution in [0.5, 0.6) is 0 Å². The lowest BCUT2D eigenvalue weighted by atomic mass is 10.0. The number of nitrogens with one attached hydrogen (secondary N) is 3. The molecule has 36 heavy (non-hydrogen) atoms. The molecular formula is C26H35N6O4-. The molecule has 0 saturated carbocycles. The van der Waals surface area contributed by atoms with E-state index in [4.69, 9.17) is 9.47 Å². The number of hydrazone groups is 1. The topological polar surface area (TPSA) is 118 Å². The summed E-state index contributed by atoms with van der Waals surface area (Å²) in [5.74, 6) is -0.0681. The highest BCUT2D eigenvalue weighted by molar-refractivity contribution is 6.02. The zero-order chi connectivity index (χ0) is 26.2. The maximum atomic E-state index is 13.2. The second-order valence-corrected chi connectivity index (χ2v) is 9.99. The highest BCUT2D eigenvalue weighted by Crippen LogP contribution is 2.14. The van der Waals surface area contributed by atoms with E-state index in [1.165, 1.54) is 0 Å². The van der Waals surface area contributed by atoms with E-state index in [0.29, 0.717) is 19.0 Å². The van der Waals surface area contributed by atoms with Gasteiger partial charge in [0.2, 0.25) is 5.91 Å². The number of hydrogen-bond acceptors (Lipinski definition) is 7. The number of amidine groups is 1. The van der Waals surface area contributed by atoms with Gasteiger partial charge in [-0.3, -0.25) is 4.79 Å². The van der Waals surface area contributed by atoms with Crippen LogP contribution in [0, 0.1) is 0 Å². The molecule has 0 bridgehead atoms. The molecule has 0 spiro atoms. The summed E-state index contributed by atoms with van der Waals surface area (Å²) in [6.07, 6.45) is -0.682. The first kappa shape index (κ1) is 27.0. The summed E-state index contributed by atoms with van der Waals surface area (Å²) in [5.41, 5.74) is 7.29. The Bertz CT molecular complexity index is 1040. The number of nitrogens with zero attached hydrogens (tertiary/aromatic N) is 3. The van der Waals surface area contributed by atoms with Gasteiger partial charge in [-0.05, 0) is 51.6 Å². The Hall–Kier alpha value is -3.63. The molecule has 3 rings (SSSR count). The zero-order valence-electron chi connectivity index (χ0n) is 21.4. The van der Waals surface area contributed by atoms with Crippen LogP contribution in [0.15, 0.2) is 65.8 Å². The molecule has 3 N–H and O–H groups in total. The van der Waals surface area contributed by atoms with E-state index < -0.39 is 29.2 Å². The van der Waals surface area contributed by atoms with Gasteiger partial charge in [-0.1, -0.05) is 60.7 Å². The maximum Gasteiger partial charge on any atom is 0.408 e. The standard InChI is InChI=1S/C26H36N6O4/c1-25(2,3)36-24(34)28-26(4,5)23(33)27-21(18-35-17-20-14-10-7-11-15-20)22-29-31-32(30-22)16-19-12-8-6-9-13-19/h6-15,21,31H,16-18H2,1-5H3,(H3,27,28,29,30,33,34)/p-1/t21-/m1/s1. The van der Waals surface area contributed by atoms with Crippen LogP contribution in [0.4, 0.5) is 4.79 Å². The minimum atomic E-state index is -1.25. The van der Waals surface area contributed by atoms with Crippen LogP contribution >= 0.6 is 0 Å². The van der Waals surface area contributed by atoms with Gasteiger partial charge >= 0.3 is 6.09 Å². The van der Waals surface area contributed by atoms with Crippen molar-refractivity contribution in [1.29, 1.82) is 0 Å². The van der Waals surface area contributed by atoms with Crippen molar-refractivity contribution in [3.63, 3.8) is 0 Å². The Kier molecular flexibility index (Phi) is 8.89. The fraction of sp³-hybridized carbons (Fsp3) is 0.423. The first-order chi connectivity index (χ1) is 17.0. The number of hydrazine groups is 1. The average molecular weight is 496 g/mol. The van der Waals surface area contributed by atoms with Gasteiger partial charge in [0.1, 0.15) is 11.1 Å². The molecule has 0 aliphatic carbocycles. The number of ether oxygens (including phenoxy) is 2. The number of rotatable bonds is 10. The Morgan fingerprint density at radius 2 is 1.61 bits per heavy atom.